The van der Waals surface area contributed by atoms with E-state index < -0.39 is 0 Å². The van der Waals surface area contributed by atoms with Crippen LogP contribution in [0.15, 0.2) is 6.07 Å². The number of aromatic amines is 1. The zero-order valence-electron chi connectivity index (χ0n) is 3.85. The first-order valence-electron chi connectivity index (χ1n) is 1.94. The van der Waals surface area contributed by atoms with Crippen LogP contribution in [-0.2, 0) is 0 Å². The summed E-state index contributed by atoms with van der Waals surface area (Å²) < 4.78 is 0.819. The molecule has 1 aromatic rings. The Morgan fingerprint density at radius 2 is 2.62 bits per heavy atom. The number of hydrogen-bond donors (Lipinski definition) is 1. The Kier molecular flexibility index (Phi) is 1.48. The molecule has 0 saturated carbocycles. The van der Waals surface area contributed by atoms with Gasteiger partial charge in [0.05, 0.1) is 0 Å². The molecule has 0 radical (unpaired) electrons. The van der Waals surface area contributed by atoms with Crippen LogP contribution in [0.25, 0.3) is 0 Å². The summed E-state index contributed by atoms with van der Waals surface area (Å²) in [7, 11) is 0. The van der Waals surface area contributed by atoms with Crippen LogP contribution in [-0.4, -0.2) is 10.2 Å². The van der Waals surface area contributed by atoms with E-state index in [1.54, 1.807) is 6.07 Å². The van der Waals surface area contributed by atoms with Crippen LogP contribution in [0, 0.1) is 15.0 Å². The first-order valence-corrected chi connectivity index (χ1v) is 3.02. The van der Waals surface area contributed by atoms with Crippen LogP contribution in [0.3, 0.4) is 0 Å². The standard InChI is InChI=1S/C4H2IN3/c5-4-1-3(2-6)7-8-4/h1H,(H,7,8). The fraction of sp³-hybridized carbons (Fsp3) is 0. The van der Waals surface area contributed by atoms with Crippen LogP contribution in [0.1, 0.15) is 5.69 Å². The molecule has 8 heavy (non-hydrogen) atoms. The summed E-state index contributed by atoms with van der Waals surface area (Å²) >= 11 is 2.03. The van der Waals surface area contributed by atoms with E-state index >= 15 is 0 Å². The molecule has 1 N–H and O–H groups in total. The van der Waals surface area contributed by atoms with E-state index in [0.29, 0.717) is 5.69 Å². The molecule has 4 heteroatoms. The smallest absolute Gasteiger partial charge is 0.136 e. The molecule has 0 aromatic carbocycles. The number of nitrogens with one attached hydrogen (secondary N) is 1. The first-order chi connectivity index (χ1) is 3.83. The highest BCUT2D eigenvalue weighted by Crippen LogP contribution is 1.99. The largest absolute Gasteiger partial charge is 0.267 e. The van der Waals surface area contributed by atoms with Gasteiger partial charge in [-0.25, -0.2) is 0 Å². The second kappa shape index (κ2) is 2.13. The van der Waals surface area contributed by atoms with Crippen LogP contribution < -0.4 is 0 Å². The molecule has 0 bridgehead atoms. The van der Waals surface area contributed by atoms with E-state index in [9.17, 15) is 0 Å². The molecule has 0 amide bonds. The maximum absolute atomic E-state index is 8.23. The van der Waals surface area contributed by atoms with Crippen molar-refractivity contribution in [2.45, 2.75) is 0 Å². The van der Waals surface area contributed by atoms with Gasteiger partial charge in [0.2, 0.25) is 0 Å². The quantitative estimate of drug-likeness (QED) is 0.658. The lowest BCUT2D eigenvalue weighted by Crippen LogP contribution is -1.69. The molecule has 0 aliphatic rings. The average Bonchev–Trinajstić information content (AvgIpc) is 2.14. The van der Waals surface area contributed by atoms with E-state index in [1.807, 2.05) is 28.7 Å². The normalized spacial score (nSPS) is 8.50. The van der Waals surface area contributed by atoms with Gasteiger partial charge >= 0.3 is 0 Å². The highest BCUT2D eigenvalue weighted by Gasteiger charge is 1.91. The summed E-state index contributed by atoms with van der Waals surface area (Å²) in [6.07, 6.45) is 0. The lowest BCUT2D eigenvalue weighted by atomic mass is 10.5. The number of nitriles is 1. The summed E-state index contributed by atoms with van der Waals surface area (Å²) in [6, 6.07) is 3.61. The molecule has 0 aliphatic heterocycles. The van der Waals surface area contributed by atoms with E-state index in [0.717, 1.165) is 3.70 Å². The van der Waals surface area contributed by atoms with E-state index in [-0.39, 0.29) is 0 Å². The molecule has 1 aromatic heterocycles. The zero-order chi connectivity index (χ0) is 5.98. The van der Waals surface area contributed by atoms with Crippen molar-refractivity contribution in [1.82, 2.24) is 10.2 Å². The summed E-state index contributed by atoms with van der Waals surface area (Å²) in [4.78, 5) is 0. The van der Waals surface area contributed by atoms with Crippen LogP contribution in [0.4, 0.5) is 0 Å². The van der Waals surface area contributed by atoms with Gasteiger partial charge in [0.15, 0.2) is 0 Å². The van der Waals surface area contributed by atoms with Crippen molar-refractivity contribution in [3.63, 3.8) is 0 Å². The van der Waals surface area contributed by atoms with Gasteiger partial charge in [0, 0.05) is 6.07 Å². The minimum absolute atomic E-state index is 0.509. The van der Waals surface area contributed by atoms with Crippen molar-refractivity contribution in [2.75, 3.05) is 0 Å². The Morgan fingerprint density at radius 3 is 2.88 bits per heavy atom. The summed E-state index contributed by atoms with van der Waals surface area (Å²) in [5.41, 5.74) is 0.509. The Bertz CT molecular complexity index is 221. The van der Waals surface area contributed by atoms with Crippen molar-refractivity contribution in [3.05, 3.63) is 15.5 Å². The number of halogens is 1. The van der Waals surface area contributed by atoms with Gasteiger partial charge in [-0.2, -0.15) is 10.4 Å². The fourth-order valence-electron chi connectivity index (χ4n) is 0.355. The third-order valence-electron chi connectivity index (χ3n) is 0.667. The Hall–Kier alpha value is -0.570. The molecule has 0 spiro atoms. The molecule has 3 nitrogen and oxygen atoms in total. The first kappa shape index (κ1) is 5.56. The topological polar surface area (TPSA) is 52.5 Å². The summed E-state index contributed by atoms with van der Waals surface area (Å²) in [5, 5.41) is 14.5. The zero-order valence-corrected chi connectivity index (χ0v) is 6.01. The lowest BCUT2D eigenvalue weighted by Gasteiger charge is -1.64. The predicted molar refractivity (Wildman–Crippen MR) is 36.0 cm³/mol. The third-order valence-corrected chi connectivity index (χ3v) is 1.22. The van der Waals surface area contributed by atoms with Crippen molar-refractivity contribution in [3.8, 4) is 6.07 Å². The van der Waals surface area contributed by atoms with Gasteiger partial charge in [-0.1, -0.05) is 0 Å². The van der Waals surface area contributed by atoms with Crippen molar-refractivity contribution in [1.29, 1.82) is 5.26 Å². The van der Waals surface area contributed by atoms with Gasteiger partial charge in [-0.3, -0.25) is 5.10 Å². The highest BCUT2D eigenvalue weighted by molar-refractivity contribution is 14.1. The molecular weight excluding hydrogens is 217 g/mol. The molecule has 0 unspecified atom stereocenters. The van der Waals surface area contributed by atoms with E-state index in [1.165, 1.54) is 0 Å². The van der Waals surface area contributed by atoms with Gasteiger partial charge in [0.25, 0.3) is 0 Å². The van der Waals surface area contributed by atoms with E-state index in [2.05, 4.69) is 10.2 Å². The van der Waals surface area contributed by atoms with Crippen molar-refractivity contribution in [2.24, 2.45) is 0 Å². The molecule has 1 heterocycles. The molecular formula is C4H2IN3. The highest BCUT2D eigenvalue weighted by atomic mass is 127. The average molecular weight is 219 g/mol. The minimum atomic E-state index is 0.509. The SMILES string of the molecule is N#Cc1cc(I)n[nH]1. The number of hydrogen-bond acceptors (Lipinski definition) is 2. The van der Waals surface area contributed by atoms with Crippen LogP contribution in [0.5, 0.6) is 0 Å². The van der Waals surface area contributed by atoms with Crippen LogP contribution >= 0.6 is 22.6 Å². The predicted octanol–water partition coefficient (Wildman–Crippen LogP) is 0.886. The number of aromatic nitrogens is 2. The van der Waals surface area contributed by atoms with Gasteiger partial charge in [0.1, 0.15) is 15.5 Å². The summed E-state index contributed by atoms with van der Waals surface area (Å²) in [6.45, 7) is 0. The maximum atomic E-state index is 8.23. The fourth-order valence-corrected chi connectivity index (χ4v) is 0.787. The van der Waals surface area contributed by atoms with Crippen molar-refractivity contribution < 1.29 is 0 Å². The Labute approximate surface area is 59.8 Å². The molecule has 0 saturated heterocycles. The minimum Gasteiger partial charge on any atom is -0.267 e. The summed E-state index contributed by atoms with van der Waals surface area (Å²) in [5.74, 6) is 0. The lowest BCUT2D eigenvalue weighted by molar-refractivity contribution is 1.05. The molecule has 40 valence electrons. The van der Waals surface area contributed by atoms with Crippen molar-refractivity contribution >= 4 is 22.6 Å². The number of rotatable bonds is 0. The molecule has 0 fully saturated rings. The molecule has 1 rings (SSSR count). The second-order valence-corrected chi connectivity index (χ2v) is 2.32. The van der Waals surface area contributed by atoms with Crippen LogP contribution in [0.2, 0.25) is 0 Å². The monoisotopic (exact) mass is 219 g/mol. The Balaban J connectivity index is 3.05. The molecule has 0 aliphatic carbocycles. The van der Waals surface area contributed by atoms with Gasteiger partial charge in [-0.05, 0) is 22.6 Å². The third kappa shape index (κ3) is 0.980. The molecule has 0 atom stereocenters. The van der Waals surface area contributed by atoms with Gasteiger partial charge in [-0.15, -0.1) is 0 Å². The Morgan fingerprint density at radius 1 is 1.88 bits per heavy atom. The van der Waals surface area contributed by atoms with Gasteiger partial charge < -0.3 is 0 Å². The number of nitrogens with zero attached hydrogens (tertiary/aromatic N) is 2. The number of H-pyrrole nitrogens is 1. The second-order valence-electron chi connectivity index (χ2n) is 1.22. The maximum Gasteiger partial charge on any atom is 0.136 e. The van der Waals surface area contributed by atoms with E-state index in [4.69, 9.17) is 5.26 Å².